The first-order valence-corrected chi connectivity index (χ1v) is 9.86. The first-order valence-electron chi connectivity index (χ1n) is 8.12. The Labute approximate surface area is 171 Å². The van der Waals surface area contributed by atoms with E-state index >= 15 is 0 Å². The van der Waals surface area contributed by atoms with Crippen LogP contribution in [0.25, 0.3) is 0 Å². The summed E-state index contributed by atoms with van der Waals surface area (Å²) in [6.07, 6.45) is 1.42. The highest BCUT2D eigenvalue weighted by molar-refractivity contribution is 7.98. The summed E-state index contributed by atoms with van der Waals surface area (Å²) in [5, 5.41) is 1.21. The van der Waals surface area contributed by atoms with Crippen LogP contribution < -0.4 is 4.74 Å². The van der Waals surface area contributed by atoms with E-state index in [1.165, 1.54) is 29.1 Å². The number of ether oxygens (including phenoxy) is 1. The molecule has 3 rings (SSSR count). The Morgan fingerprint density at radius 3 is 2.59 bits per heavy atom. The average Bonchev–Trinajstić information content (AvgIpc) is 2.65. The highest BCUT2D eigenvalue weighted by Gasteiger charge is 2.17. The topological polar surface area (TPSA) is 52.1 Å². The van der Waals surface area contributed by atoms with Crippen molar-refractivity contribution < 1.29 is 9.53 Å². The number of rotatable bonds is 5. The van der Waals surface area contributed by atoms with E-state index in [-0.39, 0.29) is 10.7 Å². The molecule has 0 aliphatic heterocycles. The summed E-state index contributed by atoms with van der Waals surface area (Å²) < 4.78 is 5.37. The Morgan fingerprint density at radius 1 is 1.07 bits per heavy atom. The van der Waals surface area contributed by atoms with Crippen LogP contribution in [-0.4, -0.2) is 15.9 Å². The molecule has 1 heterocycles. The summed E-state index contributed by atoms with van der Waals surface area (Å²) in [7, 11) is 0. The normalized spacial score (nSPS) is 10.7. The molecule has 7 heteroatoms. The monoisotopic (exact) mass is 418 g/mol. The van der Waals surface area contributed by atoms with Crippen molar-refractivity contribution in [3.05, 3.63) is 81.1 Å². The minimum absolute atomic E-state index is 0.0338. The maximum absolute atomic E-state index is 12.5. The van der Waals surface area contributed by atoms with Gasteiger partial charge in [-0.3, -0.25) is 0 Å². The number of benzene rings is 2. The van der Waals surface area contributed by atoms with Crippen molar-refractivity contribution in [3.8, 4) is 5.75 Å². The second kappa shape index (κ2) is 8.74. The SMILES string of the molecule is Cc1cc(OC(=O)c2nc(SCc3ccccc3C)ncc2Cl)ccc1Cl. The molecule has 0 aliphatic rings. The smallest absolute Gasteiger partial charge is 0.364 e. The van der Waals surface area contributed by atoms with Crippen molar-refractivity contribution in [1.82, 2.24) is 9.97 Å². The largest absolute Gasteiger partial charge is 0.422 e. The van der Waals surface area contributed by atoms with E-state index in [2.05, 4.69) is 29.0 Å². The molecule has 0 saturated heterocycles. The minimum atomic E-state index is -0.637. The van der Waals surface area contributed by atoms with Gasteiger partial charge in [-0.15, -0.1) is 0 Å². The van der Waals surface area contributed by atoms with Crippen LogP contribution in [-0.2, 0) is 5.75 Å². The lowest BCUT2D eigenvalue weighted by molar-refractivity contribution is 0.0727. The van der Waals surface area contributed by atoms with Gasteiger partial charge in [-0.2, -0.15) is 0 Å². The van der Waals surface area contributed by atoms with Gasteiger partial charge in [0.15, 0.2) is 10.9 Å². The second-order valence-electron chi connectivity index (χ2n) is 5.86. The van der Waals surface area contributed by atoms with Crippen LogP contribution in [0.5, 0.6) is 5.75 Å². The molecule has 1 aromatic heterocycles. The molecule has 27 heavy (non-hydrogen) atoms. The van der Waals surface area contributed by atoms with Gasteiger partial charge in [-0.05, 0) is 48.7 Å². The summed E-state index contributed by atoms with van der Waals surface area (Å²) in [5.74, 6) is 0.437. The number of hydrogen-bond acceptors (Lipinski definition) is 5. The third-order valence-corrected chi connectivity index (χ3v) is 5.48. The summed E-state index contributed by atoms with van der Waals surface area (Å²) >= 11 is 13.5. The van der Waals surface area contributed by atoms with Gasteiger partial charge >= 0.3 is 5.97 Å². The van der Waals surface area contributed by atoms with Gasteiger partial charge in [-0.25, -0.2) is 14.8 Å². The van der Waals surface area contributed by atoms with E-state index in [1.807, 2.05) is 19.1 Å². The number of carbonyl (C=O) groups is 1. The van der Waals surface area contributed by atoms with Crippen LogP contribution in [0.15, 0.2) is 53.8 Å². The molecule has 0 amide bonds. The summed E-state index contributed by atoms with van der Waals surface area (Å²) in [5.41, 5.74) is 3.22. The number of aryl methyl sites for hydroxylation is 2. The number of aromatic nitrogens is 2. The Balaban J connectivity index is 1.75. The predicted molar refractivity (Wildman–Crippen MR) is 109 cm³/mol. The van der Waals surface area contributed by atoms with E-state index in [4.69, 9.17) is 27.9 Å². The van der Waals surface area contributed by atoms with Gasteiger partial charge in [0.1, 0.15) is 5.75 Å². The molecule has 0 fully saturated rings. The molecular formula is C20H16Cl2N2O2S. The van der Waals surface area contributed by atoms with Crippen LogP contribution in [0.2, 0.25) is 10.0 Å². The molecule has 0 atom stereocenters. The number of thioether (sulfide) groups is 1. The zero-order valence-electron chi connectivity index (χ0n) is 14.7. The Kier molecular flexibility index (Phi) is 6.37. The van der Waals surface area contributed by atoms with E-state index in [0.717, 1.165) is 5.56 Å². The fourth-order valence-electron chi connectivity index (χ4n) is 2.31. The van der Waals surface area contributed by atoms with E-state index in [0.29, 0.717) is 21.7 Å². The first kappa shape index (κ1) is 19.7. The molecule has 0 radical (unpaired) electrons. The molecule has 2 aromatic carbocycles. The van der Waals surface area contributed by atoms with Gasteiger partial charge in [0.05, 0.1) is 11.2 Å². The van der Waals surface area contributed by atoms with Crippen LogP contribution in [0.4, 0.5) is 0 Å². The number of carbonyl (C=O) groups excluding carboxylic acids is 1. The molecule has 0 spiro atoms. The van der Waals surface area contributed by atoms with Gasteiger partial charge in [0.2, 0.25) is 0 Å². The predicted octanol–water partition coefficient (Wildman–Crippen LogP) is 5.91. The highest BCUT2D eigenvalue weighted by atomic mass is 35.5. The van der Waals surface area contributed by atoms with Crippen LogP contribution in [0, 0.1) is 13.8 Å². The third kappa shape index (κ3) is 5.01. The van der Waals surface area contributed by atoms with E-state index in [9.17, 15) is 4.79 Å². The van der Waals surface area contributed by atoms with Crippen molar-refractivity contribution in [2.24, 2.45) is 0 Å². The first-order chi connectivity index (χ1) is 12.9. The molecule has 0 N–H and O–H groups in total. The van der Waals surface area contributed by atoms with Gasteiger partial charge in [0.25, 0.3) is 0 Å². The summed E-state index contributed by atoms with van der Waals surface area (Å²) in [6.45, 7) is 3.88. The number of halogens is 2. The fraction of sp³-hybridized carbons (Fsp3) is 0.150. The second-order valence-corrected chi connectivity index (χ2v) is 7.62. The molecular weight excluding hydrogens is 403 g/mol. The average molecular weight is 419 g/mol. The third-order valence-electron chi connectivity index (χ3n) is 3.87. The Morgan fingerprint density at radius 2 is 1.85 bits per heavy atom. The highest BCUT2D eigenvalue weighted by Crippen LogP contribution is 2.25. The van der Waals surface area contributed by atoms with Crippen molar-refractivity contribution >= 4 is 40.9 Å². The fourth-order valence-corrected chi connectivity index (χ4v) is 3.49. The zero-order valence-corrected chi connectivity index (χ0v) is 17.0. The van der Waals surface area contributed by atoms with Crippen molar-refractivity contribution in [2.75, 3.05) is 0 Å². The van der Waals surface area contributed by atoms with Crippen molar-refractivity contribution in [2.45, 2.75) is 24.8 Å². The van der Waals surface area contributed by atoms with E-state index < -0.39 is 5.97 Å². The number of nitrogens with zero attached hydrogens (tertiary/aromatic N) is 2. The molecule has 3 aromatic rings. The quantitative estimate of drug-likeness (QED) is 0.223. The lowest BCUT2D eigenvalue weighted by Crippen LogP contribution is -2.12. The lowest BCUT2D eigenvalue weighted by Gasteiger charge is -2.08. The summed E-state index contributed by atoms with van der Waals surface area (Å²) in [4.78, 5) is 20.9. The number of esters is 1. The van der Waals surface area contributed by atoms with Crippen molar-refractivity contribution in [3.63, 3.8) is 0 Å². The molecule has 0 aliphatic carbocycles. The maximum Gasteiger partial charge on any atom is 0.364 e. The zero-order chi connectivity index (χ0) is 19.4. The molecule has 0 unspecified atom stereocenters. The van der Waals surface area contributed by atoms with E-state index in [1.54, 1.807) is 18.2 Å². The minimum Gasteiger partial charge on any atom is -0.422 e. The van der Waals surface area contributed by atoms with Gasteiger partial charge < -0.3 is 4.74 Å². The molecule has 4 nitrogen and oxygen atoms in total. The Bertz CT molecular complexity index is 995. The number of hydrogen-bond donors (Lipinski definition) is 0. The maximum atomic E-state index is 12.5. The standard InChI is InChI=1S/C20H16Cl2N2O2S/c1-12-5-3-4-6-14(12)11-27-20-23-10-17(22)18(24-20)19(25)26-15-7-8-16(21)13(2)9-15/h3-10H,11H2,1-2H3. The van der Waals surface area contributed by atoms with Gasteiger partial charge in [-0.1, -0.05) is 59.2 Å². The van der Waals surface area contributed by atoms with Crippen molar-refractivity contribution in [1.29, 1.82) is 0 Å². The van der Waals surface area contributed by atoms with Crippen LogP contribution in [0.3, 0.4) is 0 Å². The van der Waals surface area contributed by atoms with Crippen LogP contribution >= 0.6 is 35.0 Å². The van der Waals surface area contributed by atoms with Gasteiger partial charge in [0, 0.05) is 10.8 Å². The lowest BCUT2D eigenvalue weighted by atomic mass is 10.1. The van der Waals surface area contributed by atoms with Crippen LogP contribution in [0.1, 0.15) is 27.2 Å². The molecule has 0 saturated carbocycles. The summed E-state index contributed by atoms with van der Waals surface area (Å²) in [6, 6.07) is 13.1. The Hall–Kier alpha value is -2.08. The molecule has 138 valence electrons. The molecule has 0 bridgehead atoms.